The lowest BCUT2D eigenvalue weighted by atomic mass is 10.1. The van der Waals surface area contributed by atoms with Gasteiger partial charge in [-0.25, -0.2) is 4.68 Å². The molecule has 0 saturated carbocycles. The maximum absolute atomic E-state index is 12.6. The molecule has 0 radical (unpaired) electrons. The van der Waals surface area contributed by atoms with Gasteiger partial charge in [0.2, 0.25) is 0 Å². The van der Waals surface area contributed by atoms with E-state index in [0.29, 0.717) is 39.5 Å². The maximum atomic E-state index is 12.6. The molecule has 2 aromatic carbocycles. The Labute approximate surface area is 198 Å². The van der Waals surface area contributed by atoms with Crippen LogP contribution in [0.15, 0.2) is 59.6 Å². The van der Waals surface area contributed by atoms with Crippen molar-refractivity contribution in [1.29, 1.82) is 0 Å². The number of imide groups is 1. The number of nitrogens with zero attached hydrogens (tertiary/aromatic N) is 3. The molecule has 8 nitrogen and oxygen atoms in total. The summed E-state index contributed by atoms with van der Waals surface area (Å²) >= 11 is 6.69. The second kappa shape index (κ2) is 9.51. The third kappa shape index (κ3) is 4.94. The van der Waals surface area contributed by atoms with Gasteiger partial charge in [0.15, 0.2) is 0 Å². The largest absolute Gasteiger partial charge is 0.494 e. The standard InChI is InChI=1S/C23H18ClN3O5S/c1-2-32-18-9-3-14(4-10-18)21-15(12-27(25-21)17-7-5-16(24)6-8-17)11-19-22(30)26(13-20(28)29)23(31)33-19/h3-12H,2,13H2,1H3,(H,28,29)/b19-11+. The lowest BCUT2D eigenvalue weighted by Gasteiger charge is -2.07. The molecule has 1 aliphatic heterocycles. The van der Waals surface area contributed by atoms with E-state index < -0.39 is 23.7 Å². The summed E-state index contributed by atoms with van der Waals surface area (Å²) in [5.74, 6) is -1.19. The first-order valence-electron chi connectivity index (χ1n) is 9.91. The zero-order valence-electron chi connectivity index (χ0n) is 17.4. The van der Waals surface area contributed by atoms with Crippen LogP contribution in [0.1, 0.15) is 12.5 Å². The summed E-state index contributed by atoms with van der Waals surface area (Å²) in [4.78, 5) is 36.6. The van der Waals surface area contributed by atoms with Crippen molar-refractivity contribution in [2.24, 2.45) is 0 Å². The second-order valence-electron chi connectivity index (χ2n) is 6.97. The molecular weight excluding hydrogens is 466 g/mol. The molecule has 10 heteroatoms. The molecule has 33 heavy (non-hydrogen) atoms. The number of hydrogen-bond acceptors (Lipinski definition) is 6. The van der Waals surface area contributed by atoms with E-state index >= 15 is 0 Å². The normalized spacial score (nSPS) is 14.8. The highest BCUT2D eigenvalue weighted by molar-refractivity contribution is 8.18. The van der Waals surface area contributed by atoms with Crippen LogP contribution in [-0.4, -0.2) is 50.1 Å². The Bertz CT molecular complexity index is 1250. The number of halogens is 1. The summed E-state index contributed by atoms with van der Waals surface area (Å²) in [6.45, 7) is 1.76. The van der Waals surface area contributed by atoms with Crippen molar-refractivity contribution < 1.29 is 24.2 Å². The van der Waals surface area contributed by atoms with E-state index in [4.69, 9.17) is 21.4 Å². The van der Waals surface area contributed by atoms with Crippen molar-refractivity contribution in [1.82, 2.24) is 14.7 Å². The van der Waals surface area contributed by atoms with Crippen molar-refractivity contribution >= 4 is 46.6 Å². The molecule has 0 atom stereocenters. The Morgan fingerprint density at radius 1 is 1.15 bits per heavy atom. The molecule has 0 unspecified atom stereocenters. The van der Waals surface area contributed by atoms with Crippen LogP contribution >= 0.6 is 23.4 Å². The molecular formula is C23H18ClN3O5S. The highest BCUT2D eigenvalue weighted by Crippen LogP contribution is 2.35. The third-order valence-corrected chi connectivity index (χ3v) is 5.89. The van der Waals surface area contributed by atoms with E-state index in [1.54, 1.807) is 29.1 Å². The van der Waals surface area contributed by atoms with Gasteiger partial charge in [0.1, 0.15) is 12.3 Å². The number of aliphatic carboxylic acids is 1. The van der Waals surface area contributed by atoms with Gasteiger partial charge in [-0.2, -0.15) is 5.10 Å². The van der Waals surface area contributed by atoms with Gasteiger partial charge < -0.3 is 9.84 Å². The van der Waals surface area contributed by atoms with Crippen LogP contribution in [0.3, 0.4) is 0 Å². The Balaban J connectivity index is 1.76. The van der Waals surface area contributed by atoms with Crippen LogP contribution in [0.4, 0.5) is 4.79 Å². The number of carboxylic acid groups (broad SMARTS) is 1. The van der Waals surface area contributed by atoms with E-state index in [0.717, 1.165) is 17.0 Å². The number of carbonyl (C=O) groups is 3. The molecule has 168 valence electrons. The fourth-order valence-electron chi connectivity index (χ4n) is 3.23. The van der Waals surface area contributed by atoms with Gasteiger partial charge >= 0.3 is 5.97 Å². The quantitative estimate of drug-likeness (QED) is 0.485. The van der Waals surface area contributed by atoms with Gasteiger partial charge in [-0.3, -0.25) is 19.3 Å². The molecule has 0 spiro atoms. The topological polar surface area (TPSA) is 102 Å². The second-order valence-corrected chi connectivity index (χ2v) is 8.40. The van der Waals surface area contributed by atoms with Gasteiger partial charge in [-0.05, 0) is 73.3 Å². The fourth-order valence-corrected chi connectivity index (χ4v) is 4.19. The number of aromatic nitrogens is 2. The predicted octanol–water partition coefficient (Wildman–Crippen LogP) is 4.71. The predicted molar refractivity (Wildman–Crippen MR) is 125 cm³/mol. The molecule has 2 amide bonds. The minimum atomic E-state index is -1.26. The summed E-state index contributed by atoms with van der Waals surface area (Å²) in [6, 6.07) is 14.5. The molecule has 0 bridgehead atoms. The van der Waals surface area contributed by atoms with Gasteiger partial charge in [-0.15, -0.1) is 0 Å². The van der Waals surface area contributed by atoms with Crippen LogP contribution in [0.5, 0.6) is 5.75 Å². The molecule has 1 saturated heterocycles. The summed E-state index contributed by atoms with van der Waals surface area (Å²) in [5.41, 5.74) is 2.71. The SMILES string of the molecule is CCOc1ccc(-c2nn(-c3ccc(Cl)cc3)cc2/C=C2/SC(=O)N(CC(=O)O)C2=O)cc1. The first-order chi connectivity index (χ1) is 15.9. The van der Waals surface area contributed by atoms with E-state index in [1.165, 1.54) is 0 Å². The minimum absolute atomic E-state index is 0.129. The summed E-state index contributed by atoms with van der Waals surface area (Å²) in [6.07, 6.45) is 3.29. The molecule has 3 aromatic rings. The maximum Gasteiger partial charge on any atom is 0.323 e. The average Bonchev–Trinajstić information content (AvgIpc) is 3.31. The van der Waals surface area contributed by atoms with Crippen molar-refractivity contribution in [3.05, 3.63) is 70.2 Å². The highest BCUT2D eigenvalue weighted by Gasteiger charge is 2.36. The molecule has 1 aromatic heterocycles. The minimum Gasteiger partial charge on any atom is -0.494 e. The first kappa shape index (κ1) is 22.6. The first-order valence-corrected chi connectivity index (χ1v) is 11.1. The van der Waals surface area contributed by atoms with Gasteiger partial charge in [0, 0.05) is 22.3 Å². The van der Waals surface area contributed by atoms with Gasteiger partial charge in [0.25, 0.3) is 11.1 Å². The molecule has 1 aliphatic rings. The third-order valence-electron chi connectivity index (χ3n) is 4.73. The number of rotatable bonds is 7. The van der Waals surface area contributed by atoms with E-state index in [-0.39, 0.29) is 4.91 Å². The molecule has 4 rings (SSSR count). The average molecular weight is 484 g/mol. The monoisotopic (exact) mass is 483 g/mol. The smallest absolute Gasteiger partial charge is 0.323 e. The Morgan fingerprint density at radius 3 is 2.48 bits per heavy atom. The number of ether oxygens (including phenoxy) is 1. The fraction of sp³-hybridized carbons (Fsp3) is 0.130. The summed E-state index contributed by atoms with van der Waals surface area (Å²) in [7, 11) is 0. The van der Waals surface area contributed by atoms with Crippen molar-refractivity contribution in [3.8, 4) is 22.7 Å². The zero-order valence-corrected chi connectivity index (χ0v) is 19.0. The van der Waals surface area contributed by atoms with Crippen LogP contribution in [-0.2, 0) is 9.59 Å². The number of carboxylic acids is 1. The highest BCUT2D eigenvalue weighted by atomic mass is 35.5. The van der Waals surface area contributed by atoms with Crippen molar-refractivity contribution in [2.75, 3.05) is 13.2 Å². The van der Waals surface area contributed by atoms with E-state index in [9.17, 15) is 14.4 Å². The number of benzene rings is 2. The Morgan fingerprint density at radius 2 is 1.85 bits per heavy atom. The van der Waals surface area contributed by atoms with Crippen molar-refractivity contribution in [2.45, 2.75) is 6.92 Å². The Kier molecular flexibility index (Phi) is 6.52. The molecule has 0 aliphatic carbocycles. The van der Waals surface area contributed by atoms with Crippen LogP contribution in [0.25, 0.3) is 23.0 Å². The number of thioether (sulfide) groups is 1. The van der Waals surface area contributed by atoms with Crippen LogP contribution in [0, 0.1) is 0 Å². The van der Waals surface area contributed by atoms with Gasteiger partial charge in [-0.1, -0.05) is 11.6 Å². The summed E-state index contributed by atoms with van der Waals surface area (Å²) in [5, 5.41) is 13.6. The molecule has 2 heterocycles. The lowest BCUT2D eigenvalue weighted by molar-refractivity contribution is -0.140. The van der Waals surface area contributed by atoms with E-state index in [2.05, 4.69) is 5.10 Å². The molecule has 1 N–H and O–H groups in total. The zero-order chi connectivity index (χ0) is 23.5. The Hall–Kier alpha value is -3.56. The number of hydrogen-bond donors (Lipinski definition) is 1. The van der Waals surface area contributed by atoms with E-state index in [1.807, 2.05) is 43.3 Å². The summed E-state index contributed by atoms with van der Waals surface area (Å²) < 4.78 is 7.15. The van der Waals surface area contributed by atoms with Crippen LogP contribution < -0.4 is 4.74 Å². The number of carbonyl (C=O) groups excluding carboxylic acids is 2. The number of amides is 2. The van der Waals surface area contributed by atoms with Gasteiger partial charge in [0.05, 0.1) is 22.9 Å². The molecule has 1 fully saturated rings. The van der Waals surface area contributed by atoms with Crippen molar-refractivity contribution in [3.63, 3.8) is 0 Å². The lowest BCUT2D eigenvalue weighted by Crippen LogP contribution is -2.33. The van der Waals surface area contributed by atoms with Crippen LogP contribution in [0.2, 0.25) is 5.02 Å².